The molecule has 1 aromatic carbocycles. The average molecular weight is 212 g/mol. The quantitative estimate of drug-likeness (QED) is 0.544. The lowest BCUT2D eigenvalue weighted by molar-refractivity contribution is 0.599. The maximum absolute atomic E-state index is 9.15. The summed E-state index contributed by atoms with van der Waals surface area (Å²) in [7, 11) is 0. The van der Waals surface area contributed by atoms with Crippen LogP contribution in [0, 0.1) is 11.3 Å². The van der Waals surface area contributed by atoms with Gasteiger partial charge in [0.2, 0.25) is 0 Å². The highest BCUT2D eigenvalue weighted by Gasteiger charge is 2.22. The van der Waals surface area contributed by atoms with E-state index in [4.69, 9.17) is 5.26 Å². The summed E-state index contributed by atoms with van der Waals surface area (Å²) in [5.41, 5.74) is 0.227. The number of rotatable bonds is 5. The van der Waals surface area contributed by atoms with Crippen LogP contribution in [0.3, 0.4) is 0 Å². The highest BCUT2D eigenvalue weighted by molar-refractivity contribution is 5.80. The molecule has 0 N–H and O–H groups in total. The first-order valence-corrected chi connectivity index (χ1v) is 5.41. The third-order valence-electron chi connectivity index (χ3n) is 2.41. The fraction of sp³-hybridized carbons (Fsp3) is 0.286. The van der Waals surface area contributed by atoms with Gasteiger partial charge in [0.25, 0.3) is 0 Å². The molecule has 0 radical (unpaired) electrons. The lowest BCUT2D eigenvalue weighted by Gasteiger charge is -2.15. The Kier molecular flexibility index (Phi) is 4.47. The van der Waals surface area contributed by atoms with Gasteiger partial charge in [-0.2, -0.15) is 5.26 Å². The molecule has 0 aromatic heterocycles. The van der Waals surface area contributed by atoms with Crippen molar-refractivity contribution in [1.82, 2.24) is 0 Å². The van der Waals surface area contributed by atoms with E-state index < -0.39 is 5.54 Å². The minimum atomic E-state index is -0.773. The number of aliphatic imine (C=N–C) groups is 1. The molecule has 2 nitrogen and oxygen atoms in total. The van der Waals surface area contributed by atoms with Gasteiger partial charge in [0, 0.05) is 6.21 Å². The average Bonchev–Trinajstić information content (AvgIpc) is 2.36. The van der Waals surface area contributed by atoms with Crippen LogP contribution in [0.2, 0.25) is 0 Å². The summed E-state index contributed by atoms with van der Waals surface area (Å²) in [6.45, 7) is 5.73. The molecule has 0 saturated heterocycles. The van der Waals surface area contributed by atoms with Gasteiger partial charge in [-0.15, -0.1) is 0 Å². The second-order valence-corrected chi connectivity index (χ2v) is 3.66. The molecule has 0 spiro atoms. The van der Waals surface area contributed by atoms with Crippen molar-refractivity contribution in [3.63, 3.8) is 0 Å². The number of nitrogens with zero attached hydrogens (tertiary/aromatic N) is 2. The van der Waals surface area contributed by atoms with Crippen molar-refractivity contribution < 1.29 is 0 Å². The van der Waals surface area contributed by atoms with E-state index in [1.165, 1.54) is 0 Å². The number of hydrogen-bond donors (Lipinski definition) is 0. The minimum Gasteiger partial charge on any atom is -0.266 e. The summed E-state index contributed by atoms with van der Waals surface area (Å²) in [6.07, 6.45) is 4.97. The van der Waals surface area contributed by atoms with E-state index in [9.17, 15) is 0 Å². The van der Waals surface area contributed by atoms with Crippen molar-refractivity contribution in [2.45, 2.75) is 25.3 Å². The van der Waals surface area contributed by atoms with E-state index in [2.05, 4.69) is 17.6 Å². The molecule has 0 aliphatic carbocycles. The molecule has 82 valence electrons. The van der Waals surface area contributed by atoms with Crippen LogP contribution in [0.4, 0.5) is 0 Å². The van der Waals surface area contributed by atoms with Crippen molar-refractivity contribution in [3.05, 3.63) is 48.6 Å². The van der Waals surface area contributed by atoms with Crippen LogP contribution >= 0.6 is 0 Å². The van der Waals surface area contributed by atoms with Crippen LogP contribution < -0.4 is 0 Å². The first-order chi connectivity index (χ1) is 7.76. The first-order valence-electron chi connectivity index (χ1n) is 5.41. The Morgan fingerprint density at radius 2 is 2.12 bits per heavy atom. The molecule has 1 atom stereocenters. The molecule has 0 aliphatic rings. The van der Waals surface area contributed by atoms with Crippen LogP contribution in [-0.4, -0.2) is 11.8 Å². The van der Waals surface area contributed by atoms with Crippen LogP contribution in [0.15, 0.2) is 48.0 Å². The van der Waals surface area contributed by atoms with Crippen molar-refractivity contribution in [1.29, 1.82) is 5.26 Å². The zero-order valence-corrected chi connectivity index (χ0v) is 9.56. The largest absolute Gasteiger partial charge is 0.266 e. The molecule has 0 fully saturated rings. The molecule has 0 bridgehead atoms. The second kappa shape index (κ2) is 5.87. The fourth-order valence-electron chi connectivity index (χ4n) is 1.46. The molecule has 0 amide bonds. The maximum Gasteiger partial charge on any atom is 0.164 e. The monoisotopic (exact) mass is 212 g/mol. The van der Waals surface area contributed by atoms with Crippen LogP contribution in [0.1, 0.15) is 25.3 Å². The van der Waals surface area contributed by atoms with Gasteiger partial charge >= 0.3 is 0 Å². The molecule has 1 aromatic rings. The van der Waals surface area contributed by atoms with E-state index >= 15 is 0 Å². The Bertz CT molecular complexity index is 400. The van der Waals surface area contributed by atoms with E-state index in [1.54, 1.807) is 12.3 Å². The summed E-state index contributed by atoms with van der Waals surface area (Å²) < 4.78 is 0. The van der Waals surface area contributed by atoms with E-state index in [1.807, 2.05) is 37.3 Å². The van der Waals surface area contributed by atoms with Gasteiger partial charge in [-0.3, -0.25) is 4.99 Å². The summed E-state index contributed by atoms with van der Waals surface area (Å²) in [4.78, 5) is 4.35. The Morgan fingerprint density at radius 3 is 2.62 bits per heavy atom. The van der Waals surface area contributed by atoms with Crippen LogP contribution in [0.5, 0.6) is 0 Å². The maximum atomic E-state index is 9.15. The Morgan fingerprint density at radius 1 is 1.44 bits per heavy atom. The van der Waals surface area contributed by atoms with Crippen LogP contribution in [-0.2, 0) is 0 Å². The lowest BCUT2D eigenvalue weighted by Crippen LogP contribution is -2.20. The van der Waals surface area contributed by atoms with Gasteiger partial charge < -0.3 is 0 Å². The van der Waals surface area contributed by atoms with E-state index in [0.29, 0.717) is 6.42 Å². The minimum absolute atomic E-state index is 0.705. The molecule has 0 heterocycles. The van der Waals surface area contributed by atoms with E-state index in [-0.39, 0.29) is 0 Å². The second-order valence-electron chi connectivity index (χ2n) is 3.66. The third-order valence-corrected chi connectivity index (χ3v) is 2.41. The topological polar surface area (TPSA) is 36.1 Å². The number of hydrogen-bond acceptors (Lipinski definition) is 2. The van der Waals surface area contributed by atoms with Crippen molar-refractivity contribution in [2.75, 3.05) is 0 Å². The van der Waals surface area contributed by atoms with Gasteiger partial charge in [-0.1, -0.05) is 56.3 Å². The number of nitriles is 1. The standard InChI is InChI=1S/C14H16N2/c1-3-10-14(4-2,12-15)16-11-13-8-6-5-7-9-13/h4-9,11H,2-3,10H2,1H3. The molecule has 1 rings (SSSR count). The molecule has 2 heteroatoms. The lowest BCUT2D eigenvalue weighted by atomic mass is 9.96. The SMILES string of the molecule is C=CC(C#N)(CCC)N=Cc1ccccc1. The molecule has 0 saturated carbocycles. The molecule has 1 unspecified atom stereocenters. The normalized spacial score (nSPS) is 14.2. The third kappa shape index (κ3) is 3.06. The Balaban J connectivity index is 2.88. The van der Waals surface area contributed by atoms with Crippen LogP contribution in [0.25, 0.3) is 0 Å². The van der Waals surface area contributed by atoms with Gasteiger partial charge in [0.05, 0.1) is 6.07 Å². The van der Waals surface area contributed by atoms with Gasteiger partial charge in [0.1, 0.15) is 0 Å². The van der Waals surface area contributed by atoms with Crippen molar-refractivity contribution in [3.8, 4) is 6.07 Å². The zero-order valence-electron chi connectivity index (χ0n) is 9.56. The van der Waals surface area contributed by atoms with Gasteiger partial charge in [0.15, 0.2) is 5.54 Å². The molecular weight excluding hydrogens is 196 g/mol. The van der Waals surface area contributed by atoms with E-state index in [0.717, 1.165) is 12.0 Å². The first kappa shape index (κ1) is 12.2. The van der Waals surface area contributed by atoms with Crippen molar-refractivity contribution in [2.24, 2.45) is 4.99 Å². The Labute approximate surface area is 96.9 Å². The summed E-state index contributed by atoms with van der Waals surface area (Å²) in [6, 6.07) is 12.0. The molecule has 16 heavy (non-hydrogen) atoms. The zero-order chi connectivity index (χ0) is 11.9. The fourth-order valence-corrected chi connectivity index (χ4v) is 1.46. The highest BCUT2D eigenvalue weighted by Crippen LogP contribution is 2.18. The predicted octanol–water partition coefficient (Wildman–Crippen LogP) is 3.35. The summed E-state index contributed by atoms with van der Waals surface area (Å²) in [5, 5.41) is 9.15. The Hall–Kier alpha value is -1.88. The molecular formula is C14H16N2. The highest BCUT2D eigenvalue weighted by atomic mass is 14.8. The summed E-state index contributed by atoms with van der Waals surface area (Å²) in [5.74, 6) is 0. The smallest absolute Gasteiger partial charge is 0.164 e. The predicted molar refractivity (Wildman–Crippen MR) is 67.5 cm³/mol. The van der Waals surface area contributed by atoms with Crippen molar-refractivity contribution >= 4 is 6.21 Å². The van der Waals surface area contributed by atoms with Gasteiger partial charge in [-0.25, -0.2) is 0 Å². The van der Waals surface area contributed by atoms with Gasteiger partial charge in [-0.05, 0) is 12.0 Å². The molecule has 0 aliphatic heterocycles. The number of benzene rings is 1. The summed E-state index contributed by atoms with van der Waals surface area (Å²) >= 11 is 0.